The van der Waals surface area contributed by atoms with E-state index in [1.165, 1.54) is 0 Å². The molecule has 3 N–H and O–H groups in total. The number of aromatic nitrogens is 1. The van der Waals surface area contributed by atoms with E-state index in [9.17, 15) is 4.79 Å². The van der Waals surface area contributed by atoms with Crippen LogP contribution in [-0.2, 0) is 0 Å². The molecule has 76 valence electrons. The first-order chi connectivity index (χ1) is 6.74. The SMILES string of the molecule is NC(=O)c1cc(SCCCO)ccn1. The Morgan fingerprint density at radius 3 is 3.07 bits per heavy atom. The molecule has 0 bridgehead atoms. The maximum absolute atomic E-state index is 10.8. The van der Waals surface area contributed by atoms with E-state index in [0.717, 1.165) is 17.1 Å². The summed E-state index contributed by atoms with van der Waals surface area (Å²) in [6.45, 7) is 0.181. The number of thioether (sulfide) groups is 1. The number of rotatable bonds is 5. The Kier molecular flexibility index (Phi) is 4.42. The minimum Gasteiger partial charge on any atom is -0.396 e. The summed E-state index contributed by atoms with van der Waals surface area (Å²) in [7, 11) is 0. The van der Waals surface area contributed by atoms with Gasteiger partial charge in [0.15, 0.2) is 0 Å². The highest BCUT2D eigenvalue weighted by Gasteiger charge is 2.02. The van der Waals surface area contributed by atoms with Gasteiger partial charge in [-0.3, -0.25) is 9.78 Å². The number of hydrogen-bond donors (Lipinski definition) is 2. The molecule has 1 aromatic rings. The van der Waals surface area contributed by atoms with E-state index in [1.807, 2.05) is 6.07 Å². The minimum atomic E-state index is -0.519. The Balaban J connectivity index is 2.59. The van der Waals surface area contributed by atoms with Gasteiger partial charge in [-0.25, -0.2) is 0 Å². The first-order valence-electron chi connectivity index (χ1n) is 4.23. The van der Waals surface area contributed by atoms with E-state index in [1.54, 1.807) is 24.0 Å². The summed E-state index contributed by atoms with van der Waals surface area (Å²) in [5.41, 5.74) is 5.36. The number of aliphatic hydroxyl groups excluding tert-OH is 1. The molecule has 1 amide bonds. The fraction of sp³-hybridized carbons (Fsp3) is 0.333. The van der Waals surface area contributed by atoms with Crippen molar-refractivity contribution in [1.29, 1.82) is 0 Å². The van der Waals surface area contributed by atoms with Crippen molar-refractivity contribution in [3.8, 4) is 0 Å². The molecule has 0 fully saturated rings. The third-order valence-electron chi connectivity index (χ3n) is 1.56. The van der Waals surface area contributed by atoms with E-state index >= 15 is 0 Å². The molecule has 14 heavy (non-hydrogen) atoms. The average Bonchev–Trinajstić information content (AvgIpc) is 2.19. The Morgan fingerprint density at radius 1 is 1.64 bits per heavy atom. The second-order valence-electron chi connectivity index (χ2n) is 2.67. The van der Waals surface area contributed by atoms with Crippen LogP contribution in [0.3, 0.4) is 0 Å². The molecule has 0 aliphatic heterocycles. The highest BCUT2D eigenvalue weighted by Crippen LogP contribution is 2.18. The van der Waals surface area contributed by atoms with Crippen LogP contribution in [0.25, 0.3) is 0 Å². The molecule has 0 aliphatic rings. The number of carbonyl (C=O) groups is 1. The minimum absolute atomic E-state index is 0.181. The van der Waals surface area contributed by atoms with Crippen LogP contribution in [0.15, 0.2) is 23.2 Å². The molecule has 0 aliphatic carbocycles. The lowest BCUT2D eigenvalue weighted by atomic mass is 10.3. The molecular formula is C9H12N2O2S. The third kappa shape index (κ3) is 3.35. The number of hydrogen-bond acceptors (Lipinski definition) is 4. The van der Waals surface area contributed by atoms with Crippen molar-refractivity contribution < 1.29 is 9.90 Å². The van der Waals surface area contributed by atoms with Crippen LogP contribution in [0.5, 0.6) is 0 Å². The standard InChI is InChI=1S/C9H12N2O2S/c10-9(13)8-6-7(2-3-11-8)14-5-1-4-12/h2-3,6,12H,1,4-5H2,(H2,10,13). The Labute approximate surface area is 86.5 Å². The van der Waals surface area contributed by atoms with Crippen molar-refractivity contribution in [2.75, 3.05) is 12.4 Å². The van der Waals surface area contributed by atoms with Gasteiger partial charge in [-0.15, -0.1) is 11.8 Å². The van der Waals surface area contributed by atoms with Crippen molar-refractivity contribution in [2.24, 2.45) is 5.73 Å². The van der Waals surface area contributed by atoms with Crippen molar-refractivity contribution in [1.82, 2.24) is 4.98 Å². The lowest BCUT2D eigenvalue weighted by Crippen LogP contribution is -2.12. The molecule has 0 aromatic carbocycles. The number of pyridine rings is 1. The summed E-state index contributed by atoms with van der Waals surface area (Å²) in [4.78, 5) is 15.6. The van der Waals surface area contributed by atoms with Crippen LogP contribution in [0.2, 0.25) is 0 Å². The monoisotopic (exact) mass is 212 g/mol. The van der Waals surface area contributed by atoms with Crippen LogP contribution in [-0.4, -0.2) is 28.4 Å². The first-order valence-corrected chi connectivity index (χ1v) is 5.22. The van der Waals surface area contributed by atoms with E-state index in [2.05, 4.69) is 4.98 Å². The molecule has 0 spiro atoms. The van der Waals surface area contributed by atoms with E-state index in [0.29, 0.717) is 0 Å². The summed E-state index contributed by atoms with van der Waals surface area (Å²) in [6, 6.07) is 3.47. The smallest absolute Gasteiger partial charge is 0.267 e. The van der Waals surface area contributed by atoms with Crippen molar-refractivity contribution in [3.63, 3.8) is 0 Å². The van der Waals surface area contributed by atoms with Gasteiger partial charge in [0.2, 0.25) is 0 Å². The predicted octanol–water partition coefficient (Wildman–Crippen LogP) is 0.655. The highest BCUT2D eigenvalue weighted by molar-refractivity contribution is 7.99. The molecule has 0 saturated heterocycles. The maximum Gasteiger partial charge on any atom is 0.267 e. The lowest BCUT2D eigenvalue weighted by molar-refractivity contribution is 0.0995. The number of carbonyl (C=O) groups excluding carboxylic acids is 1. The number of aliphatic hydroxyl groups is 1. The van der Waals surface area contributed by atoms with Crippen molar-refractivity contribution >= 4 is 17.7 Å². The molecule has 0 atom stereocenters. The molecule has 0 saturated carbocycles. The van der Waals surface area contributed by atoms with Crippen molar-refractivity contribution in [2.45, 2.75) is 11.3 Å². The zero-order chi connectivity index (χ0) is 10.4. The molecule has 1 heterocycles. The van der Waals surface area contributed by atoms with Gasteiger partial charge in [-0.2, -0.15) is 0 Å². The average molecular weight is 212 g/mol. The third-order valence-corrected chi connectivity index (χ3v) is 2.64. The quantitative estimate of drug-likeness (QED) is 0.555. The molecule has 4 nitrogen and oxygen atoms in total. The van der Waals surface area contributed by atoms with Gasteiger partial charge < -0.3 is 10.8 Å². The largest absolute Gasteiger partial charge is 0.396 e. The summed E-state index contributed by atoms with van der Waals surface area (Å²) >= 11 is 1.57. The summed E-state index contributed by atoms with van der Waals surface area (Å²) < 4.78 is 0. The molecule has 1 aromatic heterocycles. The fourth-order valence-corrected chi connectivity index (χ4v) is 1.75. The van der Waals surface area contributed by atoms with Gasteiger partial charge in [0.25, 0.3) is 5.91 Å². The Hall–Kier alpha value is -1.07. The zero-order valence-corrected chi connectivity index (χ0v) is 8.46. The van der Waals surface area contributed by atoms with Gasteiger partial charge in [0, 0.05) is 23.5 Å². The summed E-state index contributed by atoms with van der Waals surface area (Å²) in [5, 5.41) is 8.59. The van der Waals surface area contributed by atoms with Gasteiger partial charge in [0.05, 0.1) is 0 Å². The Morgan fingerprint density at radius 2 is 2.43 bits per heavy atom. The maximum atomic E-state index is 10.8. The van der Waals surface area contributed by atoms with Gasteiger partial charge in [0.1, 0.15) is 5.69 Å². The molecular weight excluding hydrogens is 200 g/mol. The number of amides is 1. The van der Waals surface area contributed by atoms with Crippen LogP contribution in [0, 0.1) is 0 Å². The molecule has 1 rings (SSSR count). The highest BCUT2D eigenvalue weighted by atomic mass is 32.2. The normalized spacial score (nSPS) is 10.1. The van der Waals surface area contributed by atoms with E-state index < -0.39 is 5.91 Å². The van der Waals surface area contributed by atoms with Gasteiger partial charge >= 0.3 is 0 Å². The zero-order valence-electron chi connectivity index (χ0n) is 7.64. The van der Waals surface area contributed by atoms with E-state index in [-0.39, 0.29) is 12.3 Å². The predicted molar refractivity (Wildman–Crippen MR) is 55.2 cm³/mol. The second-order valence-corrected chi connectivity index (χ2v) is 3.83. The molecule has 0 radical (unpaired) electrons. The second kappa shape index (κ2) is 5.62. The summed E-state index contributed by atoms with van der Waals surface area (Å²) in [6.07, 6.45) is 2.29. The number of nitrogens with zero attached hydrogens (tertiary/aromatic N) is 1. The topological polar surface area (TPSA) is 76.2 Å². The van der Waals surface area contributed by atoms with Crippen molar-refractivity contribution in [3.05, 3.63) is 24.0 Å². The fourth-order valence-electron chi connectivity index (χ4n) is 0.890. The Bertz CT molecular complexity index is 317. The van der Waals surface area contributed by atoms with Crippen LogP contribution in [0.1, 0.15) is 16.9 Å². The van der Waals surface area contributed by atoms with E-state index in [4.69, 9.17) is 10.8 Å². The number of primary amides is 1. The van der Waals surface area contributed by atoms with Crippen LogP contribution < -0.4 is 5.73 Å². The van der Waals surface area contributed by atoms with Gasteiger partial charge in [-0.1, -0.05) is 0 Å². The van der Waals surface area contributed by atoms with Gasteiger partial charge in [-0.05, 0) is 18.6 Å². The summed E-state index contributed by atoms with van der Waals surface area (Å²) in [5.74, 6) is 0.299. The number of nitrogens with two attached hydrogens (primary N) is 1. The molecule has 5 heteroatoms. The van der Waals surface area contributed by atoms with Crippen LogP contribution in [0.4, 0.5) is 0 Å². The van der Waals surface area contributed by atoms with Crippen LogP contribution >= 0.6 is 11.8 Å². The molecule has 0 unspecified atom stereocenters. The first kappa shape index (κ1) is 11.0. The lowest BCUT2D eigenvalue weighted by Gasteiger charge is -2.00.